The molecule has 1 atom stereocenters. The molecular weight excluding hydrogens is 268 g/mol. The minimum Gasteiger partial charge on any atom is -0.345 e. The van der Waals surface area contributed by atoms with Gasteiger partial charge in [0.1, 0.15) is 5.82 Å². The average Bonchev–Trinajstić information content (AvgIpc) is 2.91. The molecule has 0 radical (unpaired) electrons. The van der Waals surface area contributed by atoms with Crippen molar-refractivity contribution in [3.63, 3.8) is 0 Å². The Hall–Kier alpha value is -0.790. The van der Waals surface area contributed by atoms with Crippen molar-refractivity contribution in [2.24, 2.45) is 5.92 Å². The third-order valence-electron chi connectivity index (χ3n) is 5.51. The molecule has 22 heavy (non-hydrogen) atoms. The Bertz CT molecular complexity index is 466. The summed E-state index contributed by atoms with van der Waals surface area (Å²) in [5, 5.41) is 0. The first-order chi connectivity index (χ1) is 10.1. The van der Waals surface area contributed by atoms with Gasteiger partial charge in [-0.15, -0.1) is 0 Å². The molecule has 2 heteroatoms. The molecular formula is C20H38N2. The second-order valence-corrected chi connectivity index (χ2v) is 8.60. The highest BCUT2D eigenvalue weighted by Crippen LogP contribution is 2.38. The number of nitrogens with zero attached hydrogens (tertiary/aromatic N) is 1. The molecule has 1 rings (SSSR count). The molecule has 0 aliphatic heterocycles. The lowest BCUT2D eigenvalue weighted by Crippen LogP contribution is -2.26. The second-order valence-electron chi connectivity index (χ2n) is 8.60. The molecule has 1 aromatic heterocycles. The van der Waals surface area contributed by atoms with E-state index >= 15 is 0 Å². The fourth-order valence-electron chi connectivity index (χ4n) is 2.81. The van der Waals surface area contributed by atoms with Crippen LogP contribution in [-0.4, -0.2) is 9.97 Å². The van der Waals surface area contributed by atoms with Gasteiger partial charge in [0.2, 0.25) is 0 Å². The van der Waals surface area contributed by atoms with Crippen LogP contribution in [0.1, 0.15) is 111 Å². The van der Waals surface area contributed by atoms with Gasteiger partial charge in [0.05, 0.1) is 5.69 Å². The summed E-state index contributed by atoms with van der Waals surface area (Å²) in [6, 6.07) is 0. The number of hydrogen-bond donors (Lipinski definition) is 1. The van der Waals surface area contributed by atoms with E-state index in [0.29, 0.717) is 11.8 Å². The van der Waals surface area contributed by atoms with Crippen LogP contribution in [0.2, 0.25) is 0 Å². The number of nitrogens with one attached hydrogen (secondary N) is 1. The van der Waals surface area contributed by atoms with Crippen LogP contribution in [0.15, 0.2) is 0 Å². The van der Waals surface area contributed by atoms with Gasteiger partial charge in [0.15, 0.2) is 0 Å². The molecule has 0 bridgehead atoms. The van der Waals surface area contributed by atoms with E-state index in [1.54, 1.807) is 0 Å². The second kappa shape index (κ2) is 7.19. The molecule has 0 spiro atoms. The van der Waals surface area contributed by atoms with E-state index in [-0.39, 0.29) is 10.8 Å². The molecule has 0 aliphatic carbocycles. The summed E-state index contributed by atoms with van der Waals surface area (Å²) < 4.78 is 0. The molecule has 1 heterocycles. The van der Waals surface area contributed by atoms with Gasteiger partial charge in [0.25, 0.3) is 0 Å². The third kappa shape index (κ3) is 4.14. The number of hydrogen-bond acceptors (Lipinski definition) is 1. The largest absolute Gasteiger partial charge is 0.345 e. The van der Waals surface area contributed by atoms with E-state index in [0.717, 1.165) is 6.42 Å². The van der Waals surface area contributed by atoms with Crippen LogP contribution >= 0.6 is 0 Å². The van der Waals surface area contributed by atoms with Gasteiger partial charge in [-0.3, -0.25) is 0 Å². The summed E-state index contributed by atoms with van der Waals surface area (Å²) in [5.74, 6) is 2.25. The molecule has 0 aliphatic rings. The van der Waals surface area contributed by atoms with Crippen molar-refractivity contribution in [1.82, 2.24) is 9.97 Å². The zero-order valence-electron chi connectivity index (χ0n) is 16.4. The van der Waals surface area contributed by atoms with E-state index in [1.807, 2.05) is 0 Å². The minimum absolute atomic E-state index is 0.129. The van der Waals surface area contributed by atoms with Crippen molar-refractivity contribution in [2.45, 2.75) is 105 Å². The fourth-order valence-corrected chi connectivity index (χ4v) is 2.81. The Balaban J connectivity index is 3.34. The molecule has 128 valence electrons. The van der Waals surface area contributed by atoms with Gasteiger partial charge >= 0.3 is 0 Å². The van der Waals surface area contributed by atoms with Crippen molar-refractivity contribution in [1.29, 1.82) is 0 Å². The normalized spacial score (nSPS) is 14.6. The summed E-state index contributed by atoms with van der Waals surface area (Å²) in [6.45, 7) is 20.8. The van der Waals surface area contributed by atoms with Crippen LogP contribution in [0.25, 0.3) is 0 Å². The summed E-state index contributed by atoms with van der Waals surface area (Å²) in [5.41, 5.74) is 2.96. The highest BCUT2D eigenvalue weighted by atomic mass is 15.0. The quantitative estimate of drug-likeness (QED) is 0.597. The van der Waals surface area contributed by atoms with Crippen molar-refractivity contribution < 1.29 is 0 Å². The van der Waals surface area contributed by atoms with Gasteiger partial charge < -0.3 is 4.98 Å². The predicted molar refractivity (Wildman–Crippen MR) is 97.7 cm³/mol. The van der Waals surface area contributed by atoms with Crippen LogP contribution in [0, 0.1) is 5.92 Å². The number of unbranched alkanes of at least 4 members (excludes halogenated alkanes) is 1. The summed E-state index contributed by atoms with van der Waals surface area (Å²) >= 11 is 0. The van der Waals surface area contributed by atoms with Crippen LogP contribution in [0.4, 0.5) is 0 Å². The molecule has 0 saturated heterocycles. The number of imidazole rings is 1. The first kappa shape index (κ1) is 19.3. The third-order valence-corrected chi connectivity index (χ3v) is 5.51. The van der Waals surface area contributed by atoms with Crippen LogP contribution in [0.5, 0.6) is 0 Å². The summed E-state index contributed by atoms with van der Waals surface area (Å²) in [7, 11) is 0. The number of aromatic nitrogens is 2. The number of aromatic amines is 1. The molecule has 0 amide bonds. The fraction of sp³-hybridized carbons (Fsp3) is 0.850. The van der Waals surface area contributed by atoms with E-state index in [9.17, 15) is 0 Å². The van der Waals surface area contributed by atoms with Crippen LogP contribution in [0.3, 0.4) is 0 Å². The molecule has 1 aromatic rings. The Labute approximate surface area is 138 Å². The molecule has 2 nitrogen and oxygen atoms in total. The first-order valence-corrected chi connectivity index (χ1v) is 9.17. The lowest BCUT2D eigenvalue weighted by molar-refractivity contribution is 0.417. The molecule has 1 unspecified atom stereocenters. The standard InChI is InChI=1S/C20H38N2/c1-10-12-13-20(8,9)17-16(19(6,7)11-2)21-18(22-17)15(5)14(3)4/h14-15H,10-13H2,1-9H3,(H,21,22). The lowest BCUT2D eigenvalue weighted by Gasteiger charge is -2.30. The molecule has 0 saturated carbocycles. The van der Waals surface area contributed by atoms with Gasteiger partial charge in [-0.2, -0.15) is 0 Å². The van der Waals surface area contributed by atoms with Gasteiger partial charge in [0, 0.05) is 22.4 Å². The highest BCUT2D eigenvalue weighted by molar-refractivity contribution is 5.30. The zero-order valence-corrected chi connectivity index (χ0v) is 16.4. The molecule has 1 N–H and O–H groups in total. The van der Waals surface area contributed by atoms with E-state index in [1.165, 1.54) is 36.5 Å². The van der Waals surface area contributed by atoms with Crippen molar-refractivity contribution in [2.75, 3.05) is 0 Å². The van der Waals surface area contributed by atoms with Crippen molar-refractivity contribution in [3.8, 4) is 0 Å². The SMILES string of the molecule is CCCCC(C)(C)c1[nH]c(C(C)C(C)C)nc1C(C)(C)CC. The summed E-state index contributed by atoms with van der Waals surface area (Å²) in [6.07, 6.45) is 4.85. The topological polar surface area (TPSA) is 28.7 Å². The molecule has 0 fully saturated rings. The molecule has 0 aromatic carbocycles. The van der Waals surface area contributed by atoms with Gasteiger partial charge in [-0.25, -0.2) is 4.98 Å². The van der Waals surface area contributed by atoms with Gasteiger partial charge in [-0.1, -0.05) is 75.2 Å². The predicted octanol–water partition coefficient (Wildman–Crippen LogP) is 6.32. The Morgan fingerprint density at radius 2 is 1.59 bits per heavy atom. The highest BCUT2D eigenvalue weighted by Gasteiger charge is 2.34. The Morgan fingerprint density at radius 1 is 1.00 bits per heavy atom. The monoisotopic (exact) mass is 306 g/mol. The number of rotatable bonds is 8. The maximum atomic E-state index is 5.09. The average molecular weight is 307 g/mol. The first-order valence-electron chi connectivity index (χ1n) is 9.17. The Morgan fingerprint density at radius 3 is 2.05 bits per heavy atom. The van der Waals surface area contributed by atoms with E-state index in [2.05, 4.69) is 67.3 Å². The van der Waals surface area contributed by atoms with Crippen LogP contribution in [-0.2, 0) is 10.8 Å². The zero-order chi connectivity index (χ0) is 17.1. The van der Waals surface area contributed by atoms with E-state index < -0.39 is 0 Å². The summed E-state index contributed by atoms with van der Waals surface area (Å²) in [4.78, 5) is 8.83. The minimum atomic E-state index is 0.129. The van der Waals surface area contributed by atoms with E-state index in [4.69, 9.17) is 4.98 Å². The maximum Gasteiger partial charge on any atom is 0.109 e. The lowest BCUT2D eigenvalue weighted by atomic mass is 9.76. The van der Waals surface area contributed by atoms with Crippen molar-refractivity contribution >= 4 is 0 Å². The van der Waals surface area contributed by atoms with Gasteiger partial charge in [-0.05, 0) is 18.8 Å². The maximum absolute atomic E-state index is 5.09. The van der Waals surface area contributed by atoms with Crippen LogP contribution < -0.4 is 0 Å². The number of H-pyrrole nitrogens is 1. The smallest absolute Gasteiger partial charge is 0.109 e. The van der Waals surface area contributed by atoms with Crippen molar-refractivity contribution in [3.05, 3.63) is 17.2 Å². The Kier molecular flexibility index (Phi) is 6.29.